The van der Waals surface area contributed by atoms with E-state index in [9.17, 15) is 19.0 Å². The molecule has 0 aliphatic rings. The van der Waals surface area contributed by atoms with Crippen LogP contribution in [0.5, 0.6) is 0 Å². The lowest BCUT2D eigenvalue weighted by molar-refractivity contribution is -0.870. The van der Waals surface area contributed by atoms with Gasteiger partial charge >= 0.3 is 13.8 Å². The zero-order valence-electron chi connectivity index (χ0n) is 51.8. The minimum atomic E-state index is -4.48. The summed E-state index contributed by atoms with van der Waals surface area (Å²) in [7, 11) is 1.44. The van der Waals surface area contributed by atoms with Gasteiger partial charge in [0.2, 0.25) is 5.91 Å². The number of likely N-dealkylation sites (N-methyl/N-ethyl adjacent to an activating group) is 1. The van der Waals surface area contributed by atoms with Crippen LogP contribution in [0.4, 0.5) is 0 Å². The van der Waals surface area contributed by atoms with Crippen LogP contribution in [-0.4, -0.2) is 74.3 Å². The maximum absolute atomic E-state index is 13.5. The van der Waals surface area contributed by atoms with Crippen molar-refractivity contribution in [2.75, 3.05) is 40.9 Å². The number of hydrogen-bond acceptors (Lipinski definition) is 6. The molecule has 0 saturated carbocycles. The van der Waals surface area contributed by atoms with Crippen molar-refractivity contribution >= 4 is 19.7 Å². The number of carbonyl (C=O) groups excluding carboxylic acids is 2. The van der Waals surface area contributed by atoms with E-state index in [-0.39, 0.29) is 37.9 Å². The Balaban J connectivity index is 5.35. The van der Waals surface area contributed by atoms with Crippen LogP contribution in [0, 0.1) is 0 Å². The van der Waals surface area contributed by atoms with E-state index in [1.165, 1.54) is 141 Å². The SMILES string of the molecule is CC/C=C\C/C=C\C/C=C\C/C=C\C/C=C\C/C=C\CCC(=O)NC(COP(=O)(O)OCC[N+](C)(C)C)C(/C=C/CCCCCCCCCCCCC)OC(=O)CCCCCCCCCCCCC/C=C\C/C=C\CCCCC. The predicted octanol–water partition coefficient (Wildman–Crippen LogP) is 20.1. The molecule has 0 spiro atoms. The second-order valence-corrected chi connectivity index (χ2v) is 24.0. The van der Waals surface area contributed by atoms with Crippen LogP contribution >= 0.6 is 7.82 Å². The maximum Gasteiger partial charge on any atom is 0.472 e. The molecular formula is C69H122N2O7P+. The second-order valence-electron chi connectivity index (χ2n) is 22.5. The van der Waals surface area contributed by atoms with E-state index in [1.54, 1.807) is 0 Å². The molecule has 10 heteroatoms. The van der Waals surface area contributed by atoms with Gasteiger partial charge in [-0.15, -0.1) is 0 Å². The van der Waals surface area contributed by atoms with Gasteiger partial charge in [-0.3, -0.25) is 18.6 Å². The van der Waals surface area contributed by atoms with Crippen molar-refractivity contribution in [2.24, 2.45) is 0 Å². The van der Waals surface area contributed by atoms with Gasteiger partial charge in [0.05, 0.1) is 33.8 Å². The highest BCUT2D eigenvalue weighted by atomic mass is 31.2. The van der Waals surface area contributed by atoms with Gasteiger partial charge in [-0.05, 0) is 102 Å². The topological polar surface area (TPSA) is 111 Å². The maximum atomic E-state index is 13.5. The van der Waals surface area contributed by atoms with Crippen molar-refractivity contribution in [1.29, 1.82) is 0 Å². The minimum absolute atomic E-state index is 0.0216. The van der Waals surface area contributed by atoms with Crippen LogP contribution in [0.1, 0.15) is 265 Å². The summed E-state index contributed by atoms with van der Waals surface area (Å²) in [6, 6.07) is -0.896. The van der Waals surface area contributed by atoms with Crippen molar-refractivity contribution in [3.63, 3.8) is 0 Å². The average molecular weight is 1120 g/mol. The lowest BCUT2D eigenvalue weighted by Gasteiger charge is -2.27. The van der Waals surface area contributed by atoms with Crippen LogP contribution in [0.3, 0.4) is 0 Å². The lowest BCUT2D eigenvalue weighted by Crippen LogP contribution is -2.47. The number of ether oxygens (including phenoxy) is 1. The number of nitrogens with one attached hydrogen (secondary N) is 1. The number of allylic oxidation sites excluding steroid dienone is 17. The molecule has 0 aliphatic heterocycles. The molecule has 9 nitrogen and oxygen atoms in total. The van der Waals surface area contributed by atoms with Crippen molar-refractivity contribution in [3.8, 4) is 0 Å². The number of phosphoric acid groups is 1. The van der Waals surface area contributed by atoms with Gasteiger partial charge in [-0.2, -0.15) is 0 Å². The predicted molar refractivity (Wildman–Crippen MR) is 341 cm³/mol. The quantitative estimate of drug-likeness (QED) is 0.0205. The first-order valence-corrected chi connectivity index (χ1v) is 33.7. The molecule has 454 valence electrons. The number of hydrogen-bond donors (Lipinski definition) is 2. The molecule has 3 atom stereocenters. The highest BCUT2D eigenvalue weighted by Gasteiger charge is 2.30. The number of rotatable bonds is 57. The monoisotopic (exact) mass is 1120 g/mol. The zero-order chi connectivity index (χ0) is 57.9. The molecule has 0 bridgehead atoms. The highest BCUT2D eigenvalue weighted by Crippen LogP contribution is 2.43. The van der Waals surface area contributed by atoms with Crippen molar-refractivity contribution in [1.82, 2.24) is 5.32 Å². The Labute approximate surface area is 487 Å². The summed E-state index contributed by atoms with van der Waals surface area (Å²) < 4.78 is 30.7. The minimum Gasteiger partial charge on any atom is -0.456 e. The third-order valence-corrected chi connectivity index (χ3v) is 14.7. The summed E-state index contributed by atoms with van der Waals surface area (Å²) in [5.41, 5.74) is 0. The van der Waals surface area contributed by atoms with Crippen molar-refractivity contribution in [3.05, 3.63) is 109 Å². The van der Waals surface area contributed by atoms with Gasteiger partial charge in [-0.25, -0.2) is 4.57 Å². The molecule has 0 saturated heterocycles. The molecule has 2 N–H and O–H groups in total. The first kappa shape index (κ1) is 75.7. The molecule has 1 amide bonds. The molecular weight excluding hydrogens is 1000 g/mol. The van der Waals surface area contributed by atoms with E-state index < -0.39 is 20.0 Å². The largest absolute Gasteiger partial charge is 0.472 e. The first-order valence-electron chi connectivity index (χ1n) is 32.2. The molecule has 0 aromatic heterocycles. The average Bonchev–Trinajstić information content (AvgIpc) is 3.41. The molecule has 0 fully saturated rings. The number of amides is 1. The molecule has 0 radical (unpaired) electrons. The van der Waals surface area contributed by atoms with E-state index in [0.29, 0.717) is 17.4 Å². The van der Waals surface area contributed by atoms with Gasteiger partial charge in [-0.1, -0.05) is 259 Å². The van der Waals surface area contributed by atoms with Crippen LogP contribution in [0.25, 0.3) is 0 Å². The summed E-state index contributed by atoms with van der Waals surface area (Å²) in [6.07, 6.45) is 79.6. The molecule has 0 heterocycles. The van der Waals surface area contributed by atoms with Crippen LogP contribution in [-0.2, 0) is 27.9 Å². The van der Waals surface area contributed by atoms with Crippen LogP contribution < -0.4 is 5.32 Å². The number of esters is 1. The normalized spacial score (nSPS) is 14.4. The Morgan fingerprint density at radius 3 is 1.27 bits per heavy atom. The Morgan fingerprint density at radius 1 is 0.456 bits per heavy atom. The lowest BCUT2D eigenvalue weighted by atomic mass is 10.0. The number of nitrogens with zero attached hydrogens (tertiary/aromatic N) is 1. The van der Waals surface area contributed by atoms with Crippen LogP contribution in [0.2, 0.25) is 0 Å². The van der Waals surface area contributed by atoms with Gasteiger partial charge in [0, 0.05) is 12.8 Å². The third kappa shape index (κ3) is 59.1. The van der Waals surface area contributed by atoms with E-state index in [0.717, 1.165) is 83.5 Å². The van der Waals surface area contributed by atoms with Gasteiger partial charge in [0.25, 0.3) is 0 Å². The smallest absolute Gasteiger partial charge is 0.456 e. The second kappa shape index (κ2) is 57.9. The highest BCUT2D eigenvalue weighted by molar-refractivity contribution is 7.47. The molecule has 3 unspecified atom stereocenters. The number of carbonyl (C=O) groups is 2. The summed E-state index contributed by atoms with van der Waals surface area (Å²) in [5, 5.41) is 3.01. The Kier molecular flexibility index (Phi) is 55.4. The summed E-state index contributed by atoms with van der Waals surface area (Å²) in [6.45, 7) is 6.82. The third-order valence-electron chi connectivity index (χ3n) is 13.7. The number of quaternary nitrogens is 1. The molecule has 0 aromatic rings. The van der Waals surface area contributed by atoms with Crippen molar-refractivity contribution in [2.45, 2.75) is 277 Å². The number of unbranched alkanes of at least 4 members (excludes halogenated alkanes) is 25. The van der Waals surface area contributed by atoms with E-state index in [2.05, 4.69) is 117 Å². The van der Waals surface area contributed by atoms with Crippen LogP contribution in [0.15, 0.2) is 109 Å². The van der Waals surface area contributed by atoms with Gasteiger partial charge in [0.1, 0.15) is 19.3 Å². The fourth-order valence-corrected chi connectivity index (χ4v) is 9.49. The molecule has 0 aliphatic carbocycles. The van der Waals surface area contributed by atoms with E-state index >= 15 is 0 Å². The zero-order valence-corrected chi connectivity index (χ0v) is 52.7. The molecule has 0 rings (SSSR count). The molecule has 0 aromatic carbocycles. The Morgan fingerprint density at radius 2 is 0.823 bits per heavy atom. The summed E-state index contributed by atoms with van der Waals surface area (Å²) in [5.74, 6) is -0.607. The fourth-order valence-electron chi connectivity index (χ4n) is 8.76. The van der Waals surface area contributed by atoms with E-state index in [1.807, 2.05) is 39.4 Å². The first-order chi connectivity index (χ1) is 38.4. The van der Waals surface area contributed by atoms with E-state index in [4.69, 9.17) is 13.8 Å². The Bertz CT molecular complexity index is 1720. The number of phosphoric ester groups is 1. The molecule has 79 heavy (non-hydrogen) atoms. The summed E-state index contributed by atoms with van der Waals surface area (Å²) >= 11 is 0. The summed E-state index contributed by atoms with van der Waals surface area (Å²) in [4.78, 5) is 37.7. The van der Waals surface area contributed by atoms with Gasteiger partial charge in [0.15, 0.2) is 0 Å². The van der Waals surface area contributed by atoms with Crippen molar-refractivity contribution < 1.29 is 37.3 Å². The standard InChI is InChI=1S/C69H121N2O7P/c1-7-10-13-16-19-22-25-28-30-32-34-35-37-39-41-44-47-50-53-56-59-62-69(73)78-67(60-57-54-51-48-45-42-27-24-21-18-15-12-9-3)66(65-77-79(74,75)76-64-63-71(4,5)6)70-68(72)61-58-55-52-49-46-43-40-38-36-33-31-29-26-23-20-17-14-11-8-2/h11,14,19-20,22-23,28-31,36,38,43,46,52,55,57,60,66-67H,7-10,12-13,15-18,21,24-27,32-35,37,39-42,44-45,47-51,53-54,56,58-59,61-65H2,1-6H3,(H-,70,72,74,75)/p+1/b14-11-,22-19-,23-20-,30-28-,31-29-,38-36-,46-43-,55-52-,60-57+. The van der Waals surface area contributed by atoms with Gasteiger partial charge < -0.3 is 19.4 Å². The Hall–Kier alpha value is -3.33. The fraction of sp³-hybridized carbons (Fsp3) is 0.710.